The van der Waals surface area contributed by atoms with E-state index in [0.29, 0.717) is 0 Å². The van der Waals surface area contributed by atoms with E-state index in [-0.39, 0.29) is 0 Å². The van der Waals surface area contributed by atoms with E-state index in [4.69, 9.17) is 0 Å². The summed E-state index contributed by atoms with van der Waals surface area (Å²) < 4.78 is 0. The van der Waals surface area contributed by atoms with Crippen LogP contribution in [0.2, 0.25) is 0 Å². The van der Waals surface area contributed by atoms with Crippen LogP contribution >= 0.6 is 15.9 Å². The lowest BCUT2D eigenvalue weighted by Gasteiger charge is -2.36. The highest BCUT2D eigenvalue weighted by molar-refractivity contribution is 9.09. The molecule has 1 atom stereocenters. The van der Waals surface area contributed by atoms with Gasteiger partial charge in [0.15, 0.2) is 0 Å². The maximum atomic E-state index is 3.62. The molecule has 76 valence electrons. The summed E-state index contributed by atoms with van der Waals surface area (Å²) in [4.78, 5) is 2.75. The van der Waals surface area contributed by atoms with E-state index < -0.39 is 0 Å². The Kier molecular flexibility index (Phi) is 3.67. The largest absolute Gasteiger partial charge is 0.300 e. The first-order valence-electron chi connectivity index (χ1n) is 5.70. The van der Waals surface area contributed by atoms with Gasteiger partial charge < -0.3 is 4.90 Å². The number of rotatable bonds is 2. The van der Waals surface area contributed by atoms with Crippen LogP contribution in [-0.4, -0.2) is 29.4 Å². The molecular weight excluding hydrogens is 226 g/mol. The SMILES string of the molecule is BrCC1CCCN(C2CCCC2)C1. The molecule has 2 aliphatic rings. The van der Waals surface area contributed by atoms with E-state index in [2.05, 4.69) is 20.8 Å². The molecule has 0 aromatic rings. The van der Waals surface area contributed by atoms with Crippen molar-refractivity contribution in [2.24, 2.45) is 5.92 Å². The minimum atomic E-state index is 0.925. The maximum Gasteiger partial charge on any atom is 0.00953 e. The number of hydrogen-bond acceptors (Lipinski definition) is 1. The lowest BCUT2D eigenvalue weighted by molar-refractivity contribution is 0.134. The van der Waals surface area contributed by atoms with Crippen molar-refractivity contribution >= 4 is 15.9 Å². The first kappa shape index (κ1) is 9.97. The van der Waals surface area contributed by atoms with Gasteiger partial charge in [0.25, 0.3) is 0 Å². The van der Waals surface area contributed by atoms with Gasteiger partial charge in [0.1, 0.15) is 0 Å². The second-order valence-electron chi connectivity index (χ2n) is 4.60. The van der Waals surface area contributed by atoms with Crippen LogP contribution in [0.3, 0.4) is 0 Å². The van der Waals surface area contributed by atoms with Crippen molar-refractivity contribution in [3.8, 4) is 0 Å². The van der Waals surface area contributed by atoms with Crippen LogP contribution in [-0.2, 0) is 0 Å². The molecule has 1 saturated heterocycles. The highest BCUT2D eigenvalue weighted by atomic mass is 79.9. The molecule has 0 radical (unpaired) electrons. The van der Waals surface area contributed by atoms with Crippen LogP contribution in [0.15, 0.2) is 0 Å². The lowest BCUT2D eigenvalue weighted by Crippen LogP contribution is -2.41. The molecule has 0 amide bonds. The smallest absolute Gasteiger partial charge is 0.00953 e. The van der Waals surface area contributed by atoms with E-state index in [1.54, 1.807) is 0 Å². The molecule has 0 bridgehead atoms. The van der Waals surface area contributed by atoms with E-state index in [1.807, 2.05) is 0 Å². The fourth-order valence-electron chi connectivity index (χ4n) is 2.82. The maximum absolute atomic E-state index is 3.62. The third-order valence-electron chi connectivity index (χ3n) is 3.61. The predicted octanol–water partition coefficient (Wildman–Crippen LogP) is 3.04. The van der Waals surface area contributed by atoms with Gasteiger partial charge in [-0.25, -0.2) is 0 Å². The highest BCUT2D eigenvalue weighted by Gasteiger charge is 2.26. The van der Waals surface area contributed by atoms with Crippen molar-refractivity contribution in [2.45, 2.75) is 44.6 Å². The van der Waals surface area contributed by atoms with Crippen molar-refractivity contribution < 1.29 is 0 Å². The molecule has 0 aromatic carbocycles. The van der Waals surface area contributed by atoms with Gasteiger partial charge in [0.2, 0.25) is 0 Å². The van der Waals surface area contributed by atoms with Gasteiger partial charge in [-0.05, 0) is 38.1 Å². The van der Waals surface area contributed by atoms with Crippen LogP contribution in [0.25, 0.3) is 0 Å². The third kappa shape index (κ3) is 2.47. The van der Waals surface area contributed by atoms with Crippen LogP contribution in [0.4, 0.5) is 0 Å². The third-order valence-corrected chi connectivity index (χ3v) is 4.53. The molecule has 13 heavy (non-hydrogen) atoms. The molecule has 0 aromatic heterocycles. The van der Waals surface area contributed by atoms with E-state index in [1.165, 1.54) is 56.9 Å². The molecule has 1 nitrogen and oxygen atoms in total. The van der Waals surface area contributed by atoms with Crippen molar-refractivity contribution in [3.05, 3.63) is 0 Å². The Labute approximate surface area is 90.0 Å². The number of piperidine rings is 1. The number of hydrogen-bond donors (Lipinski definition) is 0. The molecule has 1 aliphatic heterocycles. The van der Waals surface area contributed by atoms with Crippen molar-refractivity contribution in [3.63, 3.8) is 0 Å². The number of alkyl halides is 1. The van der Waals surface area contributed by atoms with Crippen LogP contribution in [0, 0.1) is 5.92 Å². The second-order valence-corrected chi connectivity index (χ2v) is 5.24. The molecule has 0 N–H and O–H groups in total. The Morgan fingerprint density at radius 1 is 1.08 bits per heavy atom. The zero-order valence-corrected chi connectivity index (χ0v) is 9.93. The number of likely N-dealkylation sites (tertiary alicyclic amines) is 1. The summed E-state index contributed by atoms with van der Waals surface area (Å²) in [5, 5.41) is 1.20. The van der Waals surface area contributed by atoms with Crippen molar-refractivity contribution in [1.29, 1.82) is 0 Å². The first-order chi connectivity index (χ1) is 6.40. The molecule has 2 fully saturated rings. The number of nitrogens with zero attached hydrogens (tertiary/aromatic N) is 1. The lowest BCUT2D eigenvalue weighted by atomic mass is 9.98. The van der Waals surface area contributed by atoms with Gasteiger partial charge in [-0.15, -0.1) is 0 Å². The van der Waals surface area contributed by atoms with Gasteiger partial charge in [-0.1, -0.05) is 28.8 Å². The minimum absolute atomic E-state index is 0.925. The summed E-state index contributed by atoms with van der Waals surface area (Å²) in [5.74, 6) is 0.925. The minimum Gasteiger partial charge on any atom is -0.300 e. The molecule has 1 saturated carbocycles. The van der Waals surface area contributed by atoms with E-state index in [0.717, 1.165) is 12.0 Å². The fraction of sp³-hybridized carbons (Fsp3) is 1.00. The molecule has 1 unspecified atom stereocenters. The topological polar surface area (TPSA) is 3.24 Å². The molecule has 1 aliphatic carbocycles. The summed E-state index contributed by atoms with van der Waals surface area (Å²) in [7, 11) is 0. The zero-order valence-electron chi connectivity index (χ0n) is 8.34. The number of halogens is 1. The van der Waals surface area contributed by atoms with Gasteiger partial charge in [0, 0.05) is 17.9 Å². The van der Waals surface area contributed by atoms with E-state index in [9.17, 15) is 0 Å². The zero-order chi connectivity index (χ0) is 9.10. The fourth-order valence-corrected chi connectivity index (χ4v) is 3.35. The summed E-state index contributed by atoms with van der Waals surface area (Å²) in [6.07, 6.45) is 8.74. The van der Waals surface area contributed by atoms with Crippen LogP contribution < -0.4 is 0 Å². The quantitative estimate of drug-likeness (QED) is 0.677. The molecule has 1 heterocycles. The second kappa shape index (κ2) is 4.79. The standard InChI is InChI=1S/C11H20BrN/c12-8-10-4-3-7-13(9-10)11-5-1-2-6-11/h10-11H,1-9H2. The normalized spacial score (nSPS) is 32.5. The summed E-state index contributed by atoms with van der Waals surface area (Å²) in [5.41, 5.74) is 0. The van der Waals surface area contributed by atoms with Crippen molar-refractivity contribution in [1.82, 2.24) is 4.90 Å². The summed E-state index contributed by atoms with van der Waals surface area (Å²) in [6, 6.07) is 0.946. The van der Waals surface area contributed by atoms with Gasteiger partial charge in [-0.3, -0.25) is 0 Å². The Balaban J connectivity index is 1.84. The van der Waals surface area contributed by atoms with E-state index >= 15 is 0 Å². The van der Waals surface area contributed by atoms with Gasteiger partial charge >= 0.3 is 0 Å². The Bertz CT molecular complexity index is 154. The Morgan fingerprint density at radius 3 is 2.54 bits per heavy atom. The average molecular weight is 246 g/mol. The molecular formula is C11H20BrN. The summed E-state index contributed by atoms with van der Waals surface area (Å²) in [6.45, 7) is 2.73. The summed E-state index contributed by atoms with van der Waals surface area (Å²) >= 11 is 3.62. The highest BCUT2D eigenvalue weighted by Crippen LogP contribution is 2.28. The molecule has 2 rings (SSSR count). The van der Waals surface area contributed by atoms with Crippen LogP contribution in [0.1, 0.15) is 38.5 Å². The average Bonchev–Trinajstić information content (AvgIpc) is 2.71. The van der Waals surface area contributed by atoms with Crippen LogP contribution in [0.5, 0.6) is 0 Å². The monoisotopic (exact) mass is 245 g/mol. The van der Waals surface area contributed by atoms with Crippen molar-refractivity contribution in [2.75, 3.05) is 18.4 Å². The molecule has 0 spiro atoms. The predicted molar refractivity (Wildman–Crippen MR) is 60.3 cm³/mol. The Hall–Kier alpha value is 0.440. The first-order valence-corrected chi connectivity index (χ1v) is 6.82. The van der Waals surface area contributed by atoms with Gasteiger partial charge in [-0.2, -0.15) is 0 Å². The molecule has 2 heteroatoms. The Morgan fingerprint density at radius 2 is 1.85 bits per heavy atom. The van der Waals surface area contributed by atoms with Gasteiger partial charge in [0.05, 0.1) is 0 Å².